The fourth-order valence-electron chi connectivity index (χ4n) is 3.55. The lowest BCUT2D eigenvalue weighted by Gasteiger charge is -2.23. The van der Waals surface area contributed by atoms with Crippen LogP contribution in [0.1, 0.15) is 51.8 Å². The van der Waals surface area contributed by atoms with Gasteiger partial charge in [-0.1, -0.05) is 23.8 Å². The minimum Gasteiger partial charge on any atom is -0.298 e. The zero-order chi connectivity index (χ0) is 19.5. The van der Waals surface area contributed by atoms with Crippen molar-refractivity contribution >= 4 is 22.4 Å². The van der Waals surface area contributed by atoms with E-state index in [1.807, 2.05) is 44.3 Å². The van der Waals surface area contributed by atoms with Crippen molar-refractivity contribution in [2.24, 2.45) is 0 Å². The molecule has 3 aromatic rings. The van der Waals surface area contributed by atoms with Crippen molar-refractivity contribution in [1.29, 1.82) is 0 Å². The van der Waals surface area contributed by atoms with Gasteiger partial charge in [-0.15, -0.1) is 11.3 Å². The molecular weight excluding hydrogens is 368 g/mol. The van der Waals surface area contributed by atoms with E-state index < -0.39 is 0 Å². The van der Waals surface area contributed by atoms with Crippen LogP contribution >= 0.6 is 11.3 Å². The summed E-state index contributed by atoms with van der Waals surface area (Å²) < 4.78 is 0. The number of carbonyl (C=O) groups excluding carboxylic acids is 1. The Morgan fingerprint density at radius 2 is 2.04 bits per heavy atom. The van der Waals surface area contributed by atoms with E-state index in [9.17, 15) is 4.79 Å². The van der Waals surface area contributed by atoms with Gasteiger partial charge in [-0.3, -0.25) is 20.0 Å². The predicted octanol–water partition coefficient (Wildman–Crippen LogP) is 4.74. The molecule has 1 aliphatic rings. The van der Waals surface area contributed by atoms with Crippen molar-refractivity contribution < 1.29 is 4.79 Å². The van der Waals surface area contributed by atoms with Crippen molar-refractivity contribution in [2.75, 3.05) is 11.9 Å². The zero-order valence-electron chi connectivity index (χ0n) is 16.2. The number of thiazole rings is 1. The van der Waals surface area contributed by atoms with Gasteiger partial charge in [0.05, 0.1) is 11.7 Å². The molecule has 1 aliphatic heterocycles. The van der Waals surface area contributed by atoms with E-state index in [-0.39, 0.29) is 5.91 Å². The van der Waals surface area contributed by atoms with Gasteiger partial charge in [-0.05, 0) is 57.0 Å². The van der Waals surface area contributed by atoms with Crippen LogP contribution in [-0.4, -0.2) is 27.3 Å². The van der Waals surface area contributed by atoms with E-state index in [4.69, 9.17) is 4.98 Å². The Hall–Kier alpha value is -2.57. The first-order valence-corrected chi connectivity index (χ1v) is 10.5. The summed E-state index contributed by atoms with van der Waals surface area (Å²) in [6.45, 7) is 5.95. The molecule has 3 heterocycles. The topological polar surface area (TPSA) is 58.1 Å². The molecule has 1 fully saturated rings. The van der Waals surface area contributed by atoms with Crippen LogP contribution in [0.25, 0.3) is 0 Å². The zero-order valence-corrected chi connectivity index (χ0v) is 17.0. The molecule has 2 aromatic heterocycles. The fraction of sp³-hybridized carbons (Fsp3) is 0.318. The number of amides is 1. The maximum Gasteiger partial charge on any atom is 0.257 e. The number of carbonyl (C=O) groups is 1. The monoisotopic (exact) mass is 392 g/mol. The van der Waals surface area contributed by atoms with Crippen molar-refractivity contribution in [2.45, 2.75) is 39.3 Å². The van der Waals surface area contributed by atoms with E-state index >= 15 is 0 Å². The van der Waals surface area contributed by atoms with E-state index in [1.54, 1.807) is 0 Å². The molecule has 28 heavy (non-hydrogen) atoms. The minimum absolute atomic E-state index is 0.116. The summed E-state index contributed by atoms with van der Waals surface area (Å²) in [6.07, 6.45) is 4.21. The van der Waals surface area contributed by atoms with Gasteiger partial charge in [-0.2, -0.15) is 0 Å². The molecule has 1 saturated heterocycles. The molecule has 5 nitrogen and oxygen atoms in total. The minimum atomic E-state index is -0.116. The van der Waals surface area contributed by atoms with Crippen molar-refractivity contribution in [3.63, 3.8) is 0 Å². The fourth-order valence-corrected chi connectivity index (χ4v) is 4.30. The van der Waals surface area contributed by atoms with Gasteiger partial charge in [0.25, 0.3) is 5.91 Å². The van der Waals surface area contributed by atoms with Crippen LogP contribution < -0.4 is 5.32 Å². The molecule has 1 aromatic carbocycles. The Balaban J connectivity index is 1.43. The lowest BCUT2D eigenvalue weighted by molar-refractivity contribution is 0.102. The van der Waals surface area contributed by atoms with Crippen LogP contribution in [0.3, 0.4) is 0 Å². The van der Waals surface area contributed by atoms with Crippen molar-refractivity contribution in [3.05, 3.63) is 76.1 Å². The SMILES string of the molecule is Cc1ccc(C(=O)Nc2nc(C3CCCN3Cc3ccc(C)nc3)cs2)cc1. The first kappa shape index (κ1) is 18.8. The normalized spacial score (nSPS) is 17.0. The molecule has 0 bridgehead atoms. The van der Waals surface area contributed by atoms with Gasteiger partial charge < -0.3 is 0 Å². The molecule has 1 atom stereocenters. The highest BCUT2D eigenvalue weighted by Crippen LogP contribution is 2.34. The Morgan fingerprint density at radius 1 is 1.21 bits per heavy atom. The smallest absolute Gasteiger partial charge is 0.257 e. The second kappa shape index (κ2) is 8.20. The molecular formula is C22H24N4OS. The van der Waals surface area contributed by atoms with Crippen LogP contribution in [0.15, 0.2) is 48.0 Å². The van der Waals surface area contributed by atoms with Gasteiger partial charge in [0.2, 0.25) is 0 Å². The summed E-state index contributed by atoms with van der Waals surface area (Å²) in [4.78, 5) is 24.0. The van der Waals surface area contributed by atoms with Crippen LogP contribution in [-0.2, 0) is 6.54 Å². The number of aromatic nitrogens is 2. The first-order chi connectivity index (χ1) is 13.6. The Kier molecular flexibility index (Phi) is 5.50. The van der Waals surface area contributed by atoms with Crippen LogP contribution in [0.2, 0.25) is 0 Å². The molecule has 0 spiro atoms. The summed E-state index contributed by atoms with van der Waals surface area (Å²) in [5.74, 6) is -0.116. The van der Waals surface area contributed by atoms with E-state index in [1.165, 1.54) is 16.9 Å². The summed E-state index contributed by atoms with van der Waals surface area (Å²) in [7, 11) is 0. The third-order valence-electron chi connectivity index (χ3n) is 5.12. The number of hydrogen-bond acceptors (Lipinski definition) is 5. The average Bonchev–Trinajstić information content (AvgIpc) is 3.33. The second-order valence-corrected chi connectivity index (χ2v) is 8.19. The third kappa shape index (κ3) is 4.29. The Labute approximate surface area is 169 Å². The van der Waals surface area contributed by atoms with Gasteiger partial charge in [-0.25, -0.2) is 4.98 Å². The van der Waals surface area contributed by atoms with E-state index in [0.29, 0.717) is 16.7 Å². The molecule has 1 amide bonds. The maximum atomic E-state index is 12.4. The number of rotatable bonds is 5. The highest BCUT2D eigenvalue weighted by molar-refractivity contribution is 7.14. The third-order valence-corrected chi connectivity index (χ3v) is 5.90. The number of hydrogen-bond donors (Lipinski definition) is 1. The van der Waals surface area contributed by atoms with Gasteiger partial charge in [0.1, 0.15) is 0 Å². The van der Waals surface area contributed by atoms with E-state index in [0.717, 1.165) is 42.9 Å². The standard InChI is InChI=1S/C22H24N4OS/c1-15-5-9-18(10-6-15)21(27)25-22-24-19(14-28-22)20-4-3-11-26(20)13-17-8-7-16(2)23-12-17/h5-10,12,14,20H,3-4,11,13H2,1-2H3,(H,24,25,27). The molecule has 0 saturated carbocycles. The number of benzene rings is 1. The van der Waals surface area contributed by atoms with Crippen LogP contribution in [0.4, 0.5) is 5.13 Å². The highest BCUT2D eigenvalue weighted by atomic mass is 32.1. The quantitative estimate of drug-likeness (QED) is 0.681. The molecule has 144 valence electrons. The summed E-state index contributed by atoms with van der Waals surface area (Å²) in [5.41, 5.74) is 5.09. The molecule has 6 heteroatoms. The second-order valence-electron chi connectivity index (χ2n) is 7.33. The molecule has 1 unspecified atom stereocenters. The number of pyridine rings is 1. The predicted molar refractivity (Wildman–Crippen MR) is 113 cm³/mol. The van der Waals surface area contributed by atoms with Crippen LogP contribution in [0, 0.1) is 13.8 Å². The van der Waals surface area contributed by atoms with Gasteiger partial charge in [0, 0.05) is 29.4 Å². The highest BCUT2D eigenvalue weighted by Gasteiger charge is 2.28. The maximum absolute atomic E-state index is 12.4. The van der Waals surface area contributed by atoms with Gasteiger partial charge in [0.15, 0.2) is 5.13 Å². The van der Waals surface area contributed by atoms with E-state index in [2.05, 4.69) is 32.7 Å². The van der Waals surface area contributed by atoms with Crippen molar-refractivity contribution in [1.82, 2.24) is 14.9 Å². The number of likely N-dealkylation sites (tertiary alicyclic amines) is 1. The van der Waals surface area contributed by atoms with Crippen LogP contribution in [0.5, 0.6) is 0 Å². The lowest BCUT2D eigenvalue weighted by atomic mass is 10.1. The number of anilines is 1. The molecule has 4 rings (SSSR count). The van der Waals surface area contributed by atoms with Gasteiger partial charge >= 0.3 is 0 Å². The summed E-state index contributed by atoms with van der Waals surface area (Å²) in [5, 5.41) is 5.66. The average molecular weight is 393 g/mol. The number of aryl methyl sites for hydroxylation is 2. The van der Waals surface area contributed by atoms with Crippen molar-refractivity contribution in [3.8, 4) is 0 Å². The molecule has 0 radical (unpaired) electrons. The first-order valence-electron chi connectivity index (χ1n) is 9.57. The molecule has 1 N–H and O–H groups in total. The molecule has 0 aliphatic carbocycles. The Morgan fingerprint density at radius 3 is 2.79 bits per heavy atom. The lowest BCUT2D eigenvalue weighted by Crippen LogP contribution is -2.23. The number of nitrogens with zero attached hydrogens (tertiary/aromatic N) is 3. The number of nitrogens with one attached hydrogen (secondary N) is 1. The summed E-state index contributed by atoms with van der Waals surface area (Å²) in [6, 6.07) is 12.1. The summed E-state index contributed by atoms with van der Waals surface area (Å²) >= 11 is 1.49. The Bertz CT molecular complexity index is 949. The largest absolute Gasteiger partial charge is 0.298 e.